The predicted octanol–water partition coefficient (Wildman–Crippen LogP) is 6.37. The number of benzene rings is 2. The van der Waals surface area contributed by atoms with Crippen LogP contribution in [0.25, 0.3) is 10.9 Å². The van der Waals surface area contributed by atoms with E-state index in [2.05, 4.69) is 26.7 Å². The van der Waals surface area contributed by atoms with Crippen molar-refractivity contribution in [2.24, 2.45) is 0 Å². The number of nitriles is 1. The van der Waals surface area contributed by atoms with Crippen molar-refractivity contribution in [2.45, 2.75) is 33.3 Å². The second-order valence-corrected chi connectivity index (χ2v) is 10.1. The molecular formula is C30H31ClN6O2. The van der Waals surface area contributed by atoms with Crippen molar-refractivity contribution in [1.29, 1.82) is 5.26 Å². The number of nitrogens with one attached hydrogen (secondary N) is 2. The van der Waals surface area contributed by atoms with Gasteiger partial charge in [0.2, 0.25) is 5.91 Å². The van der Waals surface area contributed by atoms with Gasteiger partial charge in [-0.2, -0.15) is 5.26 Å². The van der Waals surface area contributed by atoms with E-state index < -0.39 is 0 Å². The van der Waals surface area contributed by atoms with Crippen LogP contribution in [-0.2, 0) is 11.4 Å². The average Bonchev–Trinajstić information content (AvgIpc) is 2.89. The number of hydrogen-bond donors (Lipinski definition) is 2. The summed E-state index contributed by atoms with van der Waals surface area (Å²) >= 11 is 6.54. The van der Waals surface area contributed by atoms with Gasteiger partial charge in [-0.05, 0) is 94.5 Å². The number of aromatic nitrogens is 2. The second-order valence-electron chi connectivity index (χ2n) is 9.68. The first-order chi connectivity index (χ1) is 18.7. The minimum atomic E-state index is -0.0542. The highest BCUT2D eigenvalue weighted by Gasteiger charge is 2.14. The number of carbonyl (C=O) groups excluding carboxylic acids is 1. The van der Waals surface area contributed by atoms with Gasteiger partial charge in [-0.1, -0.05) is 11.6 Å². The van der Waals surface area contributed by atoms with E-state index in [0.29, 0.717) is 57.3 Å². The molecule has 0 fully saturated rings. The highest BCUT2D eigenvalue weighted by molar-refractivity contribution is 6.32. The molecule has 0 unspecified atom stereocenters. The lowest BCUT2D eigenvalue weighted by molar-refractivity contribution is -0.116. The highest BCUT2D eigenvalue weighted by Crippen LogP contribution is 2.35. The summed E-state index contributed by atoms with van der Waals surface area (Å²) in [5, 5.41) is 17.3. The molecule has 0 aliphatic carbocycles. The van der Waals surface area contributed by atoms with Crippen LogP contribution in [0.15, 0.2) is 54.9 Å². The van der Waals surface area contributed by atoms with Gasteiger partial charge >= 0.3 is 0 Å². The standard InChI is InChI=1S/C30H31ClN6O2/c1-19-9-10-33-23(12-19)18-39-28-8-7-22(14-25(28)31)35-30-21(16-32)17-34-27-13-20(2)26(15-24(27)30)36-29(38)6-5-11-37(3)4/h7-10,12-15,17H,5-6,11,18H2,1-4H3,(H,34,35)(H,36,38). The summed E-state index contributed by atoms with van der Waals surface area (Å²) in [7, 11) is 3.97. The van der Waals surface area contributed by atoms with Crippen LogP contribution in [0.4, 0.5) is 17.1 Å². The molecule has 4 rings (SSSR count). The monoisotopic (exact) mass is 542 g/mol. The molecule has 2 aromatic carbocycles. The zero-order chi connectivity index (χ0) is 27.9. The van der Waals surface area contributed by atoms with Crippen LogP contribution in [-0.4, -0.2) is 41.4 Å². The van der Waals surface area contributed by atoms with Crippen LogP contribution < -0.4 is 15.4 Å². The lowest BCUT2D eigenvalue weighted by Gasteiger charge is -2.16. The normalized spacial score (nSPS) is 10.9. The Morgan fingerprint density at radius 3 is 2.67 bits per heavy atom. The van der Waals surface area contributed by atoms with Crippen molar-refractivity contribution in [1.82, 2.24) is 14.9 Å². The van der Waals surface area contributed by atoms with Crippen molar-refractivity contribution < 1.29 is 9.53 Å². The molecular weight excluding hydrogens is 512 g/mol. The van der Waals surface area contributed by atoms with Gasteiger partial charge in [-0.15, -0.1) is 0 Å². The summed E-state index contributed by atoms with van der Waals surface area (Å²) < 4.78 is 5.88. The number of hydrogen-bond acceptors (Lipinski definition) is 7. The smallest absolute Gasteiger partial charge is 0.224 e. The zero-order valence-corrected chi connectivity index (χ0v) is 23.3. The molecule has 0 spiro atoms. The maximum absolute atomic E-state index is 12.6. The Morgan fingerprint density at radius 2 is 1.95 bits per heavy atom. The number of amides is 1. The van der Waals surface area contributed by atoms with Gasteiger partial charge in [-0.3, -0.25) is 14.8 Å². The van der Waals surface area contributed by atoms with Crippen LogP contribution in [0.1, 0.15) is 35.2 Å². The summed E-state index contributed by atoms with van der Waals surface area (Å²) in [4.78, 5) is 23.4. The van der Waals surface area contributed by atoms with Crippen molar-refractivity contribution in [3.8, 4) is 11.8 Å². The minimum absolute atomic E-state index is 0.0542. The lowest BCUT2D eigenvalue weighted by Crippen LogP contribution is -2.17. The molecule has 2 heterocycles. The molecule has 39 heavy (non-hydrogen) atoms. The fraction of sp³-hybridized carbons (Fsp3) is 0.267. The van der Waals surface area contributed by atoms with Crippen molar-refractivity contribution >= 4 is 45.5 Å². The van der Waals surface area contributed by atoms with E-state index >= 15 is 0 Å². The van der Waals surface area contributed by atoms with E-state index in [1.54, 1.807) is 18.3 Å². The van der Waals surface area contributed by atoms with E-state index in [-0.39, 0.29) is 5.91 Å². The van der Waals surface area contributed by atoms with Gasteiger partial charge in [0.25, 0.3) is 0 Å². The number of halogens is 1. The number of anilines is 3. The Labute approximate surface area is 233 Å². The quantitative estimate of drug-likeness (QED) is 0.240. The third kappa shape index (κ3) is 7.23. The molecule has 0 aliphatic heterocycles. The fourth-order valence-corrected chi connectivity index (χ4v) is 4.37. The van der Waals surface area contributed by atoms with Crippen LogP contribution in [0.5, 0.6) is 5.75 Å². The molecule has 200 valence electrons. The highest BCUT2D eigenvalue weighted by atomic mass is 35.5. The van der Waals surface area contributed by atoms with Crippen LogP contribution >= 0.6 is 11.6 Å². The molecule has 0 atom stereocenters. The largest absolute Gasteiger partial charge is 0.486 e. The predicted molar refractivity (Wildman–Crippen MR) is 156 cm³/mol. The third-order valence-corrected chi connectivity index (χ3v) is 6.46. The third-order valence-electron chi connectivity index (χ3n) is 6.17. The minimum Gasteiger partial charge on any atom is -0.486 e. The summed E-state index contributed by atoms with van der Waals surface area (Å²) in [6.07, 6.45) is 4.47. The van der Waals surface area contributed by atoms with Gasteiger partial charge in [0, 0.05) is 35.6 Å². The number of pyridine rings is 2. The van der Waals surface area contributed by atoms with E-state index in [4.69, 9.17) is 16.3 Å². The first kappa shape index (κ1) is 27.8. The Balaban J connectivity index is 1.57. The topological polar surface area (TPSA) is 103 Å². The maximum Gasteiger partial charge on any atom is 0.224 e. The molecule has 0 aliphatic rings. The van der Waals surface area contributed by atoms with Gasteiger partial charge in [0.05, 0.1) is 27.5 Å². The summed E-state index contributed by atoms with van der Waals surface area (Å²) in [6, 6.07) is 15.2. The van der Waals surface area contributed by atoms with Crippen molar-refractivity contribution in [3.05, 3.63) is 82.3 Å². The summed E-state index contributed by atoms with van der Waals surface area (Å²) in [6.45, 7) is 5.06. The van der Waals surface area contributed by atoms with Gasteiger partial charge < -0.3 is 20.3 Å². The first-order valence-electron chi connectivity index (χ1n) is 12.6. The zero-order valence-electron chi connectivity index (χ0n) is 22.5. The molecule has 4 aromatic rings. The first-order valence-corrected chi connectivity index (χ1v) is 13.0. The van der Waals surface area contributed by atoms with E-state index in [1.807, 2.05) is 63.2 Å². The van der Waals surface area contributed by atoms with E-state index in [1.165, 1.54) is 6.20 Å². The number of aryl methyl sites for hydroxylation is 2. The van der Waals surface area contributed by atoms with Crippen LogP contribution in [0.2, 0.25) is 5.02 Å². The molecule has 0 saturated carbocycles. The Hall–Kier alpha value is -4.19. The molecule has 1 amide bonds. The molecule has 0 bridgehead atoms. The summed E-state index contributed by atoms with van der Waals surface area (Å²) in [5.74, 6) is 0.474. The lowest BCUT2D eigenvalue weighted by atomic mass is 10.0. The number of fused-ring (bicyclic) bond motifs is 1. The Kier molecular flexibility index (Phi) is 8.97. The number of carbonyl (C=O) groups is 1. The van der Waals surface area contributed by atoms with Gasteiger partial charge in [0.15, 0.2) is 0 Å². The van der Waals surface area contributed by atoms with E-state index in [9.17, 15) is 10.1 Å². The fourth-order valence-electron chi connectivity index (χ4n) is 4.14. The number of ether oxygens (including phenoxy) is 1. The van der Waals surface area contributed by atoms with Crippen LogP contribution in [0, 0.1) is 25.2 Å². The average molecular weight is 543 g/mol. The van der Waals surface area contributed by atoms with Crippen LogP contribution in [0.3, 0.4) is 0 Å². The molecule has 0 radical (unpaired) electrons. The van der Waals surface area contributed by atoms with E-state index in [0.717, 1.165) is 29.8 Å². The molecule has 0 saturated heterocycles. The van der Waals surface area contributed by atoms with Gasteiger partial charge in [0.1, 0.15) is 18.4 Å². The van der Waals surface area contributed by atoms with Crippen molar-refractivity contribution in [3.63, 3.8) is 0 Å². The Bertz CT molecular complexity index is 1550. The molecule has 2 aromatic heterocycles. The molecule has 2 N–H and O–H groups in total. The second kappa shape index (κ2) is 12.6. The molecule has 9 heteroatoms. The molecule has 8 nitrogen and oxygen atoms in total. The summed E-state index contributed by atoms with van der Waals surface area (Å²) in [5.41, 5.74) is 5.83. The van der Waals surface area contributed by atoms with Crippen molar-refractivity contribution in [2.75, 3.05) is 31.3 Å². The maximum atomic E-state index is 12.6. The van der Waals surface area contributed by atoms with Gasteiger partial charge in [-0.25, -0.2) is 0 Å². The Morgan fingerprint density at radius 1 is 1.13 bits per heavy atom. The number of nitrogens with zero attached hydrogens (tertiary/aromatic N) is 4. The SMILES string of the molecule is Cc1ccnc(COc2ccc(Nc3c(C#N)cnc4cc(C)c(NC(=O)CCCN(C)C)cc34)cc2Cl)c1. The number of rotatable bonds is 10.